The Balaban J connectivity index is 1.37. The Morgan fingerprint density at radius 2 is 1.85 bits per heavy atom. The van der Waals surface area contributed by atoms with E-state index in [9.17, 15) is 14.0 Å². The van der Waals surface area contributed by atoms with Gasteiger partial charge in [-0.05, 0) is 61.4 Å². The van der Waals surface area contributed by atoms with Gasteiger partial charge in [-0.1, -0.05) is 29.8 Å². The predicted octanol–water partition coefficient (Wildman–Crippen LogP) is 4.51. The number of amides is 2. The van der Waals surface area contributed by atoms with Crippen molar-refractivity contribution >= 4 is 23.2 Å². The molecule has 0 unspecified atom stereocenters. The van der Waals surface area contributed by atoms with E-state index in [1.807, 2.05) is 31.2 Å². The number of benzene rings is 3. The fourth-order valence-electron chi connectivity index (χ4n) is 3.57. The summed E-state index contributed by atoms with van der Waals surface area (Å²) in [7, 11) is 0. The molecule has 3 aromatic carbocycles. The van der Waals surface area contributed by atoms with E-state index >= 15 is 0 Å². The van der Waals surface area contributed by atoms with Crippen molar-refractivity contribution in [3.8, 4) is 11.5 Å². The first-order chi connectivity index (χ1) is 16.0. The Labute approximate surface area is 191 Å². The van der Waals surface area contributed by atoms with Crippen molar-refractivity contribution in [2.75, 3.05) is 30.0 Å². The molecule has 1 N–H and O–H groups in total. The summed E-state index contributed by atoms with van der Waals surface area (Å²) >= 11 is 0. The van der Waals surface area contributed by atoms with E-state index in [4.69, 9.17) is 9.47 Å². The molecule has 33 heavy (non-hydrogen) atoms. The molecule has 170 valence electrons. The number of nitrogens with zero attached hydrogens (tertiary/aromatic N) is 1. The second kappa shape index (κ2) is 10.2. The Morgan fingerprint density at radius 1 is 1.09 bits per heavy atom. The Bertz CT molecular complexity index is 1130. The largest absolute Gasteiger partial charge is 0.494 e. The molecule has 0 bridgehead atoms. The SMILES string of the molecule is Cc1ccc(OCCCN2C(=O)COc3ccc(NC(=O)Cc4ccc(F)cc4)cc32)cc1. The van der Waals surface area contributed by atoms with Gasteiger partial charge in [0.05, 0.1) is 18.7 Å². The fraction of sp³-hybridized carbons (Fsp3) is 0.231. The topological polar surface area (TPSA) is 67.9 Å². The van der Waals surface area contributed by atoms with Crippen LogP contribution >= 0.6 is 0 Å². The summed E-state index contributed by atoms with van der Waals surface area (Å²) < 4.78 is 24.4. The summed E-state index contributed by atoms with van der Waals surface area (Å²) in [6, 6.07) is 18.8. The zero-order chi connectivity index (χ0) is 23.2. The van der Waals surface area contributed by atoms with Crippen molar-refractivity contribution in [3.63, 3.8) is 0 Å². The molecule has 3 aromatic rings. The van der Waals surface area contributed by atoms with E-state index in [0.29, 0.717) is 42.3 Å². The number of hydrogen-bond acceptors (Lipinski definition) is 4. The maximum Gasteiger partial charge on any atom is 0.265 e. The number of anilines is 2. The van der Waals surface area contributed by atoms with Crippen molar-refractivity contribution in [3.05, 3.63) is 83.7 Å². The van der Waals surface area contributed by atoms with E-state index in [2.05, 4.69) is 5.32 Å². The van der Waals surface area contributed by atoms with Crippen LogP contribution in [0.2, 0.25) is 0 Å². The monoisotopic (exact) mass is 448 g/mol. The third-order valence-electron chi connectivity index (χ3n) is 5.28. The lowest BCUT2D eigenvalue weighted by Gasteiger charge is -2.30. The first-order valence-corrected chi connectivity index (χ1v) is 10.8. The van der Waals surface area contributed by atoms with E-state index in [1.165, 1.54) is 17.7 Å². The molecule has 2 amide bonds. The summed E-state index contributed by atoms with van der Waals surface area (Å²) in [5.41, 5.74) is 3.04. The molecule has 1 aliphatic heterocycles. The molecule has 1 heterocycles. The number of hydrogen-bond donors (Lipinski definition) is 1. The van der Waals surface area contributed by atoms with Crippen LogP contribution in [0.1, 0.15) is 17.5 Å². The molecule has 0 atom stereocenters. The minimum absolute atomic E-state index is 0.0257. The fourth-order valence-corrected chi connectivity index (χ4v) is 3.57. The highest BCUT2D eigenvalue weighted by molar-refractivity contribution is 5.99. The number of aryl methyl sites for hydroxylation is 1. The first kappa shape index (κ1) is 22.3. The number of nitrogens with one attached hydrogen (secondary N) is 1. The number of rotatable bonds is 8. The zero-order valence-electron chi connectivity index (χ0n) is 18.3. The van der Waals surface area contributed by atoms with Gasteiger partial charge in [0.25, 0.3) is 5.91 Å². The van der Waals surface area contributed by atoms with Crippen LogP contribution in [0.3, 0.4) is 0 Å². The Kier molecular flexibility index (Phi) is 6.88. The van der Waals surface area contributed by atoms with Crippen LogP contribution in [0.25, 0.3) is 0 Å². The van der Waals surface area contributed by atoms with Crippen LogP contribution in [0.15, 0.2) is 66.7 Å². The molecule has 0 fully saturated rings. The molecule has 0 radical (unpaired) electrons. The molecule has 6 nitrogen and oxygen atoms in total. The van der Waals surface area contributed by atoms with Gasteiger partial charge in [-0.25, -0.2) is 4.39 Å². The molecular weight excluding hydrogens is 423 g/mol. The molecule has 0 spiro atoms. The first-order valence-electron chi connectivity index (χ1n) is 10.8. The van der Waals surface area contributed by atoms with Crippen LogP contribution in [0.4, 0.5) is 15.8 Å². The maximum absolute atomic E-state index is 13.1. The van der Waals surface area contributed by atoms with Gasteiger partial charge < -0.3 is 19.7 Å². The van der Waals surface area contributed by atoms with Crippen LogP contribution in [-0.2, 0) is 16.0 Å². The van der Waals surface area contributed by atoms with Gasteiger partial charge in [-0.2, -0.15) is 0 Å². The van der Waals surface area contributed by atoms with Gasteiger partial charge in [0.2, 0.25) is 5.91 Å². The van der Waals surface area contributed by atoms with E-state index in [0.717, 1.165) is 5.75 Å². The normalized spacial score (nSPS) is 12.7. The third-order valence-corrected chi connectivity index (χ3v) is 5.28. The van der Waals surface area contributed by atoms with Gasteiger partial charge in [0, 0.05) is 12.2 Å². The molecule has 4 rings (SSSR count). The van der Waals surface area contributed by atoms with Crippen molar-refractivity contribution in [2.24, 2.45) is 0 Å². The second-order valence-electron chi connectivity index (χ2n) is 7.88. The van der Waals surface area contributed by atoms with E-state index in [1.54, 1.807) is 35.2 Å². The summed E-state index contributed by atoms with van der Waals surface area (Å²) in [5, 5.41) is 2.83. The lowest BCUT2D eigenvalue weighted by Crippen LogP contribution is -2.39. The molecular formula is C26H25FN2O4. The summed E-state index contributed by atoms with van der Waals surface area (Å²) in [6.07, 6.45) is 0.757. The molecule has 0 saturated heterocycles. The summed E-state index contributed by atoms with van der Waals surface area (Å²) in [5.74, 6) is 0.657. The van der Waals surface area contributed by atoms with Gasteiger partial charge in [-0.3, -0.25) is 9.59 Å². The summed E-state index contributed by atoms with van der Waals surface area (Å²) in [4.78, 5) is 26.6. The average Bonchev–Trinajstić information content (AvgIpc) is 2.80. The van der Waals surface area contributed by atoms with Crippen LogP contribution < -0.4 is 19.7 Å². The van der Waals surface area contributed by atoms with Crippen LogP contribution in [0, 0.1) is 12.7 Å². The molecule has 0 saturated carbocycles. The minimum atomic E-state index is -0.345. The number of carbonyl (C=O) groups excluding carboxylic acids is 2. The molecule has 0 aliphatic carbocycles. The van der Waals surface area contributed by atoms with E-state index < -0.39 is 0 Å². The standard InChI is InChI=1S/C26H25FN2O4/c1-18-3-10-22(11-4-18)32-14-2-13-29-23-16-21(9-12-24(23)33-17-26(29)31)28-25(30)15-19-5-7-20(27)8-6-19/h3-12,16H,2,13-15,17H2,1H3,(H,28,30). The lowest BCUT2D eigenvalue weighted by atomic mass is 10.1. The third kappa shape index (κ3) is 5.88. The van der Waals surface area contributed by atoms with E-state index in [-0.39, 0.29) is 30.7 Å². The number of carbonyl (C=O) groups is 2. The number of ether oxygens (including phenoxy) is 2. The highest BCUT2D eigenvalue weighted by Gasteiger charge is 2.25. The minimum Gasteiger partial charge on any atom is -0.494 e. The Morgan fingerprint density at radius 3 is 2.61 bits per heavy atom. The van der Waals surface area contributed by atoms with Gasteiger partial charge >= 0.3 is 0 Å². The quantitative estimate of drug-likeness (QED) is 0.515. The van der Waals surface area contributed by atoms with Crippen molar-refractivity contribution in [2.45, 2.75) is 19.8 Å². The lowest BCUT2D eigenvalue weighted by molar-refractivity contribution is -0.121. The smallest absolute Gasteiger partial charge is 0.265 e. The number of fused-ring (bicyclic) bond motifs is 1. The second-order valence-corrected chi connectivity index (χ2v) is 7.88. The van der Waals surface area contributed by atoms with Gasteiger partial charge in [0.1, 0.15) is 17.3 Å². The van der Waals surface area contributed by atoms with Crippen molar-refractivity contribution < 1.29 is 23.5 Å². The zero-order valence-corrected chi connectivity index (χ0v) is 18.3. The maximum atomic E-state index is 13.1. The Hall–Kier alpha value is -3.87. The highest BCUT2D eigenvalue weighted by atomic mass is 19.1. The average molecular weight is 448 g/mol. The summed E-state index contributed by atoms with van der Waals surface area (Å²) in [6.45, 7) is 2.93. The van der Waals surface area contributed by atoms with Crippen molar-refractivity contribution in [1.82, 2.24) is 0 Å². The van der Waals surface area contributed by atoms with Gasteiger partial charge in [0.15, 0.2) is 6.61 Å². The predicted molar refractivity (Wildman–Crippen MR) is 124 cm³/mol. The van der Waals surface area contributed by atoms with Gasteiger partial charge in [-0.15, -0.1) is 0 Å². The molecule has 7 heteroatoms. The number of halogens is 1. The highest BCUT2D eigenvalue weighted by Crippen LogP contribution is 2.34. The van der Waals surface area contributed by atoms with Crippen LogP contribution in [0.5, 0.6) is 11.5 Å². The van der Waals surface area contributed by atoms with Crippen molar-refractivity contribution in [1.29, 1.82) is 0 Å². The van der Waals surface area contributed by atoms with Crippen LogP contribution in [-0.4, -0.2) is 31.6 Å². The molecule has 1 aliphatic rings. The molecule has 0 aromatic heterocycles.